The summed E-state index contributed by atoms with van der Waals surface area (Å²) in [5, 5.41) is 3.22. The van der Waals surface area contributed by atoms with Gasteiger partial charge in [0.25, 0.3) is 0 Å². The fraction of sp³-hybridized carbons (Fsp3) is 0.250. The van der Waals surface area contributed by atoms with Crippen molar-refractivity contribution in [3.05, 3.63) is 65.2 Å². The summed E-state index contributed by atoms with van der Waals surface area (Å²) < 4.78 is 31.9. The summed E-state index contributed by atoms with van der Waals surface area (Å²) in [7, 11) is 0. The Balaban J connectivity index is 1.95. The third-order valence-electron chi connectivity index (χ3n) is 2.90. The first kappa shape index (κ1) is 14.5. The van der Waals surface area contributed by atoms with E-state index in [9.17, 15) is 8.78 Å². The average molecular weight is 277 g/mol. The highest BCUT2D eigenvalue weighted by atomic mass is 19.1. The summed E-state index contributed by atoms with van der Waals surface area (Å²) in [4.78, 5) is 0. The van der Waals surface area contributed by atoms with E-state index in [1.54, 1.807) is 0 Å². The zero-order chi connectivity index (χ0) is 14.4. The molecule has 1 N–H and O–H groups in total. The molecule has 0 saturated carbocycles. The van der Waals surface area contributed by atoms with Gasteiger partial charge in [0.05, 0.1) is 0 Å². The molecule has 2 rings (SSSR count). The molecule has 0 radical (unpaired) electrons. The van der Waals surface area contributed by atoms with Gasteiger partial charge in [-0.25, -0.2) is 8.78 Å². The van der Waals surface area contributed by atoms with Gasteiger partial charge in [0.2, 0.25) is 0 Å². The van der Waals surface area contributed by atoms with Gasteiger partial charge in [-0.1, -0.05) is 19.1 Å². The van der Waals surface area contributed by atoms with Crippen LogP contribution in [0, 0.1) is 11.6 Å². The summed E-state index contributed by atoms with van der Waals surface area (Å²) in [6, 6.07) is 10.9. The zero-order valence-corrected chi connectivity index (χ0v) is 11.3. The largest absolute Gasteiger partial charge is 0.489 e. The Morgan fingerprint density at radius 2 is 1.80 bits per heavy atom. The van der Waals surface area contributed by atoms with Gasteiger partial charge in [-0.15, -0.1) is 0 Å². The van der Waals surface area contributed by atoms with Crippen molar-refractivity contribution in [3.8, 4) is 5.75 Å². The van der Waals surface area contributed by atoms with Crippen LogP contribution in [0.25, 0.3) is 0 Å². The maximum Gasteiger partial charge on any atom is 0.130 e. The molecule has 0 aromatic heterocycles. The molecule has 106 valence electrons. The minimum absolute atomic E-state index is 0.0101. The van der Waals surface area contributed by atoms with E-state index in [2.05, 4.69) is 5.32 Å². The van der Waals surface area contributed by atoms with E-state index >= 15 is 0 Å². The Labute approximate surface area is 117 Å². The molecule has 0 amide bonds. The molecule has 0 saturated heterocycles. The molecular weight excluding hydrogens is 260 g/mol. The zero-order valence-electron chi connectivity index (χ0n) is 11.3. The van der Waals surface area contributed by atoms with Crippen molar-refractivity contribution >= 4 is 0 Å². The summed E-state index contributed by atoms with van der Waals surface area (Å²) >= 11 is 0. The van der Waals surface area contributed by atoms with Crippen LogP contribution in [0.5, 0.6) is 5.75 Å². The van der Waals surface area contributed by atoms with Crippen molar-refractivity contribution in [1.82, 2.24) is 5.32 Å². The molecule has 2 aromatic rings. The van der Waals surface area contributed by atoms with Gasteiger partial charge in [-0.3, -0.25) is 0 Å². The molecule has 0 atom stereocenters. The van der Waals surface area contributed by atoms with Gasteiger partial charge in [-0.2, -0.15) is 0 Å². The molecule has 2 nitrogen and oxygen atoms in total. The molecule has 4 heteroatoms. The Kier molecular flexibility index (Phi) is 5.07. The quantitative estimate of drug-likeness (QED) is 0.870. The lowest BCUT2D eigenvalue weighted by atomic mass is 10.2. The molecule has 2 aromatic carbocycles. The number of benzene rings is 2. The van der Waals surface area contributed by atoms with Gasteiger partial charge >= 0.3 is 0 Å². The van der Waals surface area contributed by atoms with Crippen LogP contribution in [0.4, 0.5) is 8.78 Å². The van der Waals surface area contributed by atoms with Gasteiger partial charge in [0.15, 0.2) is 0 Å². The van der Waals surface area contributed by atoms with Crippen LogP contribution in [0.1, 0.15) is 18.1 Å². The minimum atomic E-state index is -0.467. The van der Waals surface area contributed by atoms with E-state index in [0.29, 0.717) is 5.75 Å². The molecule has 0 heterocycles. The van der Waals surface area contributed by atoms with Crippen molar-refractivity contribution in [1.29, 1.82) is 0 Å². The first-order chi connectivity index (χ1) is 9.69. The van der Waals surface area contributed by atoms with Crippen LogP contribution >= 0.6 is 0 Å². The third-order valence-corrected chi connectivity index (χ3v) is 2.90. The first-order valence-corrected chi connectivity index (χ1v) is 6.55. The van der Waals surface area contributed by atoms with Crippen LogP contribution in [0.3, 0.4) is 0 Å². The van der Waals surface area contributed by atoms with Gasteiger partial charge in [0, 0.05) is 12.1 Å². The molecule has 20 heavy (non-hydrogen) atoms. The standard InChI is InChI=1S/C16H17F2NO/c1-2-19-10-12-3-6-15(7-4-12)20-11-13-9-14(17)5-8-16(13)18/h3-9,19H,2,10-11H2,1H3. The lowest BCUT2D eigenvalue weighted by Gasteiger charge is -2.08. The number of rotatable bonds is 6. The summed E-state index contributed by atoms with van der Waals surface area (Å²) in [6.07, 6.45) is 0. The highest BCUT2D eigenvalue weighted by Gasteiger charge is 2.05. The number of halogens is 2. The highest BCUT2D eigenvalue weighted by Crippen LogP contribution is 2.16. The van der Waals surface area contributed by atoms with Gasteiger partial charge in [-0.05, 0) is 42.4 Å². The summed E-state index contributed by atoms with van der Waals surface area (Å²) in [5.74, 6) is -0.296. The molecule has 0 aliphatic carbocycles. The van der Waals surface area contributed by atoms with E-state index in [-0.39, 0.29) is 12.2 Å². The van der Waals surface area contributed by atoms with Crippen LogP contribution < -0.4 is 10.1 Å². The average Bonchev–Trinajstić information content (AvgIpc) is 2.47. The highest BCUT2D eigenvalue weighted by molar-refractivity contribution is 5.28. The van der Waals surface area contributed by atoms with E-state index in [4.69, 9.17) is 4.74 Å². The summed E-state index contributed by atoms with van der Waals surface area (Å²) in [5.41, 5.74) is 1.36. The van der Waals surface area contributed by atoms with Gasteiger partial charge in [0.1, 0.15) is 24.0 Å². The fourth-order valence-corrected chi connectivity index (χ4v) is 1.79. The molecule has 0 bridgehead atoms. The molecule has 0 aliphatic rings. The van der Waals surface area contributed by atoms with Crippen molar-refractivity contribution in [2.75, 3.05) is 6.54 Å². The second-order valence-electron chi connectivity index (χ2n) is 4.45. The lowest BCUT2D eigenvalue weighted by molar-refractivity contribution is 0.299. The molecular formula is C16H17F2NO. The van der Waals surface area contributed by atoms with Crippen LogP contribution in [0.15, 0.2) is 42.5 Å². The Hall–Kier alpha value is -1.94. The van der Waals surface area contributed by atoms with Crippen LogP contribution in [-0.4, -0.2) is 6.54 Å². The lowest BCUT2D eigenvalue weighted by Crippen LogP contribution is -2.11. The molecule has 0 aliphatic heterocycles. The summed E-state index contributed by atoms with van der Waals surface area (Å²) in [6.45, 7) is 3.77. The van der Waals surface area contributed by atoms with Gasteiger partial charge < -0.3 is 10.1 Å². The normalized spacial score (nSPS) is 10.6. The Morgan fingerprint density at radius 3 is 2.50 bits per heavy atom. The molecule has 0 spiro atoms. The second kappa shape index (κ2) is 7.01. The smallest absolute Gasteiger partial charge is 0.130 e. The number of hydrogen-bond acceptors (Lipinski definition) is 2. The van der Waals surface area contributed by atoms with E-state index in [1.807, 2.05) is 31.2 Å². The van der Waals surface area contributed by atoms with Crippen molar-refractivity contribution in [3.63, 3.8) is 0 Å². The maximum absolute atomic E-state index is 13.4. The fourth-order valence-electron chi connectivity index (χ4n) is 1.79. The van der Waals surface area contributed by atoms with Crippen molar-refractivity contribution in [2.24, 2.45) is 0 Å². The Bertz CT molecular complexity index is 555. The second-order valence-corrected chi connectivity index (χ2v) is 4.45. The monoisotopic (exact) mass is 277 g/mol. The number of nitrogens with one attached hydrogen (secondary N) is 1. The Morgan fingerprint density at radius 1 is 1.05 bits per heavy atom. The predicted molar refractivity (Wildman–Crippen MR) is 74.5 cm³/mol. The number of hydrogen-bond donors (Lipinski definition) is 1. The molecule has 0 unspecified atom stereocenters. The van der Waals surface area contributed by atoms with Crippen molar-refractivity contribution in [2.45, 2.75) is 20.1 Å². The predicted octanol–water partition coefficient (Wildman–Crippen LogP) is 3.65. The third kappa shape index (κ3) is 4.03. The topological polar surface area (TPSA) is 21.3 Å². The van der Waals surface area contributed by atoms with Crippen molar-refractivity contribution < 1.29 is 13.5 Å². The van der Waals surface area contributed by atoms with E-state index < -0.39 is 11.6 Å². The van der Waals surface area contributed by atoms with Crippen LogP contribution in [0.2, 0.25) is 0 Å². The van der Waals surface area contributed by atoms with Crippen LogP contribution in [-0.2, 0) is 13.2 Å². The minimum Gasteiger partial charge on any atom is -0.489 e. The first-order valence-electron chi connectivity index (χ1n) is 6.55. The molecule has 0 fully saturated rings. The van der Waals surface area contributed by atoms with E-state index in [0.717, 1.165) is 36.9 Å². The van der Waals surface area contributed by atoms with E-state index in [1.165, 1.54) is 0 Å². The SMILES string of the molecule is CCNCc1ccc(OCc2cc(F)ccc2F)cc1. The number of ether oxygens (including phenoxy) is 1. The maximum atomic E-state index is 13.4.